The minimum atomic E-state index is -3.51. The van der Waals surface area contributed by atoms with E-state index in [1.165, 1.54) is 18.9 Å². The van der Waals surface area contributed by atoms with Crippen LogP contribution in [0.15, 0.2) is 27.6 Å². The van der Waals surface area contributed by atoms with Gasteiger partial charge in [0.1, 0.15) is 0 Å². The molecule has 0 bridgehead atoms. The molecule has 112 valence electrons. The van der Waals surface area contributed by atoms with E-state index in [9.17, 15) is 8.42 Å². The highest BCUT2D eigenvalue weighted by molar-refractivity contribution is 9.10. The van der Waals surface area contributed by atoms with Gasteiger partial charge >= 0.3 is 0 Å². The first-order valence-electron chi connectivity index (χ1n) is 6.48. The summed E-state index contributed by atoms with van der Waals surface area (Å²) in [6.07, 6.45) is 6.54. The van der Waals surface area contributed by atoms with Crippen molar-refractivity contribution in [1.82, 2.24) is 4.72 Å². The zero-order valence-corrected chi connectivity index (χ0v) is 14.6. The molecule has 0 atom stereocenters. The Bertz CT molecular complexity index is 584. The molecule has 1 aromatic rings. The molecule has 0 saturated heterocycles. The number of hydrogen-bond donors (Lipinski definition) is 2. The van der Waals surface area contributed by atoms with Crippen molar-refractivity contribution in [3.8, 4) is 0 Å². The third kappa shape index (κ3) is 3.50. The lowest BCUT2D eigenvalue weighted by Gasteiger charge is -2.26. The predicted octanol–water partition coefficient (Wildman–Crippen LogP) is 2.99. The molecule has 1 aliphatic rings. The number of benzene rings is 1. The van der Waals surface area contributed by atoms with Gasteiger partial charge in [0.2, 0.25) is 10.0 Å². The normalized spacial score (nSPS) is 18.3. The van der Waals surface area contributed by atoms with Crippen LogP contribution in [0, 0.1) is 0 Å². The third-order valence-electron chi connectivity index (χ3n) is 3.78. The second kappa shape index (κ2) is 6.25. The summed E-state index contributed by atoms with van der Waals surface area (Å²) < 4.78 is 28.1. The first kappa shape index (κ1) is 16.1. The minimum Gasteiger partial charge on any atom is -0.399 e. The Hall–Kier alpha value is -0.240. The maximum absolute atomic E-state index is 12.4. The van der Waals surface area contributed by atoms with E-state index in [1.807, 2.05) is 0 Å². The van der Waals surface area contributed by atoms with E-state index in [0.29, 0.717) is 16.7 Å². The van der Waals surface area contributed by atoms with Gasteiger partial charge in [-0.1, -0.05) is 12.8 Å². The van der Waals surface area contributed by atoms with Crippen molar-refractivity contribution in [1.29, 1.82) is 0 Å². The molecule has 0 radical (unpaired) electrons. The van der Waals surface area contributed by atoms with Crippen LogP contribution in [0.2, 0.25) is 0 Å². The van der Waals surface area contributed by atoms with Crippen LogP contribution in [0.4, 0.5) is 5.69 Å². The van der Waals surface area contributed by atoms with Gasteiger partial charge < -0.3 is 5.73 Å². The third-order valence-corrected chi connectivity index (χ3v) is 7.57. The Balaban J connectivity index is 2.15. The lowest BCUT2D eigenvalue weighted by atomic mass is 10.1. The number of halogens is 1. The molecule has 3 N–H and O–H groups in total. The predicted molar refractivity (Wildman–Crippen MR) is 88.5 cm³/mol. The van der Waals surface area contributed by atoms with Crippen LogP contribution in [-0.2, 0) is 10.0 Å². The number of hydrogen-bond acceptors (Lipinski definition) is 4. The number of nitrogen functional groups attached to an aromatic ring is 1. The van der Waals surface area contributed by atoms with Gasteiger partial charge in [0.05, 0.1) is 4.90 Å². The molecule has 0 unspecified atom stereocenters. The van der Waals surface area contributed by atoms with Crippen molar-refractivity contribution >= 4 is 43.4 Å². The average molecular weight is 379 g/mol. The Kier molecular flexibility index (Phi) is 5.05. The Morgan fingerprint density at radius 3 is 2.60 bits per heavy atom. The van der Waals surface area contributed by atoms with Gasteiger partial charge in [0.15, 0.2) is 0 Å². The number of nitrogens with two attached hydrogens (primary N) is 1. The van der Waals surface area contributed by atoms with E-state index in [1.54, 1.807) is 23.9 Å². The summed E-state index contributed by atoms with van der Waals surface area (Å²) in [6, 6.07) is 4.73. The smallest absolute Gasteiger partial charge is 0.241 e. The number of nitrogens with one attached hydrogen (secondary N) is 1. The van der Waals surface area contributed by atoms with Gasteiger partial charge in [-0.15, -0.1) is 0 Å². The Labute approximate surface area is 133 Å². The first-order valence-corrected chi connectivity index (χ1v) is 9.98. The Morgan fingerprint density at radius 2 is 2.05 bits per heavy atom. The van der Waals surface area contributed by atoms with E-state index in [0.717, 1.165) is 12.8 Å². The molecule has 1 fully saturated rings. The van der Waals surface area contributed by atoms with Crippen molar-refractivity contribution in [3.05, 3.63) is 22.7 Å². The zero-order valence-electron chi connectivity index (χ0n) is 11.4. The van der Waals surface area contributed by atoms with Crippen LogP contribution >= 0.6 is 27.7 Å². The van der Waals surface area contributed by atoms with Crippen molar-refractivity contribution in [2.24, 2.45) is 0 Å². The molecule has 7 heteroatoms. The minimum absolute atomic E-state index is 0.0490. The van der Waals surface area contributed by atoms with Gasteiger partial charge in [-0.2, -0.15) is 11.8 Å². The summed E-state index contributed by atoms with van der Waals surface area (Å²) in [6.45, 7) is 0.479. The maximum atomic E-state index is 12.4. The monoisotopic (exact) mass is 378 g/mol. The fraction of sp³-hybridized carbons (Fsp3) is 0.538. The summed E-state index contributed by atoms with van der Waals surface area (Å²) in [5.41, 5.74) is 6.17. The van der Waals surface area contributed by atoms with Gasteiger partial charge in [0, 0.05) is 21.5 Å². The van der Waals surface area contributed by atoms with Gasteiger partial charge in [-0.25, -0.2) is 13.1 Å². The lowest BCUT2D eigenvalue weighted by Crippen LogP contribution is -2.38. The maximum Gasteiger partial charge on any atom is 0.241 e. The molecular formula is C13H19BrN2O2S2. The molecular weight excluding hydrogens is 360 g/mol. The molecule has 1 aromatic carbocycles. The molecule has 4 nitrogen and oxygen atoms in total. The average Bonchev–Trinajstić information content (AvgIpc) is 2.85. The Morgan fingerprint density at radius 1 is 1.40 bits per heavy atom. The topological polar surface area (TPSA) is 72.2 Å². The molecule has 0 spiro atoms. The molecule has 1 aliphatic carbocycles. The van der Waals surface area contributed by atoms with Crippen LogP contribution in [-0.4, -0.2) is 26.0 Å². The standard InChI is InChI=1S/C13H19BrN2O2S2/c1-19-13(6-2-3-7-13)9-16-20(17,18)12-5-4-10(15)8-11(12)14/h4-5,8,16H,2-3,6-7,9,15H2,1H3. The zero-order chi connectivity index (χ0) is 14.8. The molecule has 20 heavy (non-hydrogen) atoms. The van der Waals surface area contributed by atoms with Crippen molar-refractivity contribution in [3.63, 3.8) is 0 Å². The van der Waals surface area contributed by atoms with E-state index < -0.39 is 10.0 Å². The summed E-state index contributed by atoms with van der Waals surface area (Å²) in [5, 5.41) is 0. The molecule has 0 aromatic heterocycles. The van der Waals surface area contributed by atoms with Crippen LogP contribution in [0.5, 0.6) is 0 Å². The molecule has 0 heterocycles. The fourth-order valence-electron chi connectivity index (χ4n) is 2.51. The number of sulfonamides is 1. The van der Waals surface area contributed by atoms with Crippen LogP contribution in [0.3, 0.4) is 0 Å². The second-order valence-corrected chi connectivity index (χ2v) is 8.97. The lowest BCUT2D eigenvalue weighted by molar-refractivity contribution is 0.551. The quantitative estimate of drug-likeness (QED) is 0.772. The molecule has 1 saturated carbocycles. The molecule has 0 aliphatic heterocycles. The van der Waals surface area contributed by atoms with Gasteiger partial charge in [0.25, 0.3) is 0 Å². The van der Waals surface area contributed by atoms with Gasteiger partial charge in [-0.3, -0.25) is 0 Å². The molecule has 0 amide bonds. The number of anilines is 1. The SMILES string of the molecule is CSC1(CNS(=O)(=O)c2ccc(N)cc2Br)CCCC1. The summed E-state index contributed by atoms with van der Waals surface area (Å²) in [5.74, 6) is 0. The van der Waals surface area contributed by atoms with Crippen LogP contribution in [0.25, 0.3) is 0 Å². The summed E-state index contributed by atoms with van der Waals surface area (Å²) in [7, 11) is -3.51. The van der Waals surface area contributed by atoms with Crippen molar-refractivity contribution in [2.45, 2.75) is 35.3 Å². The fourth-order valence-corrected chi connectivity index (χ4v) is 5.74. The summed E-state index contributed by atoms with van der Waals surface area (Å²) >= 11 is 5.03. The number of rotatable bonds is 5. The van der Waals surface area contributed by atoms with Gasteiger partial charge in [-0.05, 0) is 53.2 Å². The van der Waals surface area contributed by atoms with Crippen molar-refractivity contribution in [2.75, 3.05) is 18.5 Å². The van der Waals surface area contributed by atoms with E-state index in [2.05, 4.69) is 26.9 Å². The van der Waals surface area contributed by atoms with Crippen molar-refractivity contribution < 1.29 is 8.42 Å². The highest BCUT2D eigenvalue weighted by atomic mass is 79.9. The highest BCUT2D eigenvalue weighted by Crippen LogP contribution is 2.40. The highest BCUT2D eigenvalue weighted by Gasteiger charge is 2.34. The summed E-state index contributed by atoms with van der Waals surface area (Å²) in [4.78, 5) is 0.237. The largest absolute Gasteiger partial charge is 0.399 e. The van der Waals surface area contributed by atoms with E-state index >= 15 is 0 Å². The van der Waals surface area contributed by atoms with E-state index in [4.69, 9.17) is 5.73 Å². The van der Waals surface area contributed by atoms with E-state index in [-0.39, 0.29) is 9.64 Å². The molecule has 2 rings (SSSR count). The van der Waals surface area contributed by atoms with Crippen LogP contribution in [0.1, 0.15) is 25.7 Å². The van der Waals surface area contributed by atoms with Crippen LogP contribution < -0.4 is 10.5 Å². The number of thioether (sulfide) groups is 1. The first-order chi connectivity index (χ1) is 9.38. The second-order valence-electron chi connectivity index (χ2n) is 5.11.